The predicted molar refractivity (Wildman–Crippen MR) is 53.7 cm³/mol. The molecule has 13 heavy (non-hydrogen) atoms. The van der Waals surface area contributed by atoms with Gasteiger partial charge >= 0.3 is 0 Å². The highest BCUT2D eigenvalue weighted by Gasteiger charge is 2.26. The number of aromatic nitrogens is 1. The van der Waals surface area contributed by atoms with Crippen molar-refractivity contribution in [3.05, 3.63) is 23.0 Å². The van der Waals surface area contributed by atoms with E-state index in [0.29, 0.717) is 0 Å². The number of quaternary nitrogens is 1. The van der Waals surface area contributed by atoms with Gasteiger partial charge < -0.3 is 9.88 Å². The highest BCUT2D eigenvalue weighted by Crippen LogP contribution is 2.38. The summed E-state index contributed by atoms with van der Waals surface area (Å²) in [7, 11) is 2.13. The van der Waals surface area contributed by atoms with Crippen molar-refractivity contribution in [3.63, 3.8) is 0 Å². The number of nitrogens with zero attached hydrogens (tertiary/aromatic N) is 1. The molecule has 0 aliphatic heterocycles. The Morgan fingerprint density at radius 1 is 1.46 bits per heavy atom. The maximum atomic E-state index is 2.51. The second kappa shape index (κ2) is 3.18. The quantitative estimate of drug-likeness (QED) is 0.718. The monoisotopic (exact) mass is 179 g/mol. The van der Waals surface area contributed by atoms with Gasteiger partial charge in [-0.1, -0.05) is 0 Å². The lowest BCUT2D eigenvalue weighted by Crippen LogP contribution is -2.77. The first kappa shape index (κ1) is 8.82. The molecular formula is C11H19N2+. The van der Waals surface area contributed by atoms with Crippen LogP contribution in [0.25, 0.3) is 0 Å². The fourth-order valence-corrected chi connectivity index (χ4v) is 2.17. The van der Waals surface area contributed by atoms with Crippen molar-refractivity contribution >= 4 is 0 Å². The molecule has 0 radical (unpaired) electrons. The van der Waals surface area contributed by atoms with Gasteiger partial charge in [0.2, 0.25) is 0 Å². The summed E-state index contributed by atoms with van der Waals surface area (Å²) < 4.78 is 2.51. The zero-order valence-corrected chi connectivity index (χ0v) is 8.80. The fourth-order valence-electron chi connectivity index (χ4n) is 2.17. The predicted octanol–water partition coefficient (Wildman–Crippen LogP) is 1.13. The van der Waals surface area contributed by atoms with Gasteiger partial charge in [-0.3, -0.25) is 0 Å². The Morgan fingerprint density at radius 3 is 2.69 bits per heavy atom. The molecule has 0 saturated heterocycles. The minimum atomic E-state index is 0.825. The van der Waals surface area contributed by atoms with Gasteiger partial charge in [-0.05, 0) is 32.8 Å². The third kappa shape index (κ3) is 1.51. The molecule has 0 atom stereocenters. The van der Waals surface area contributed by atoms with E-state index < -0.39 is 0 Å². The molecule has 1 aromatic rings. The van der Waals surface area contributed by atoms with Crippen LogP contribution in [0.5, 0.6) is 0 Å². The smallest absolute Gasteiger partial charge is 0.103 e. The van der Waals surface area contributed by atoms with Gasteiger partial charge in [0.05, 0.1) is 7.05 Å². The molecule has 1 aliphatic rings. The molecule has 0 aromatic carbocycles. The molecule has 1 aromatic heterocycles. The van der Waals surface area contributed by atoms with Gasteiger partial charge in [0.15, 0.2) is 0 Å². The van der Waals surface area contributed by atoms with Crippen LogP contribution in [0.1, 0.15) is 35.8 Å². The van der Waals surface area contributed by atoms with E-state index in [9.17, 15) is 0 Å². The molecule has 1 heterocycles. The fraction of sp³-hybridized carbons (Fsp3) is 0.636. The summed E-state index contributed by atoms with van der Waals surface area (Å²) in [6.45, 7) is 5.60. The number of nitrogens with two attached hydrogens (primary N) is 1. The summed E-state index contributed by atoms with van der Waals surface area (Å²) in [4.78, 5) is 0. The van der Waals surface area contributed by atoms with E-state index in [-0.39, 0.29) is 0 Å². The number of rotatable bonds is 3. The Labute approximate surface area is 79.9 Å². The summed E-state index contributed by atoms with van der Waals surface area (Å²) in [6.07, 6.45) is 2.76. The third-order valence-electron chi connectivity index (χ3n) is 2.93. The van der Waals surface area contributed by atoms with Crippen LogP contribution in [0.2, 0.25) is 0 Å². The van der Waals surface area contributed by atoms with E-state index in [1.807, 2.05) is 0 Å². The van der Waals surface area contributed by atoms with Crippen LogP contribution in [0.4, 0.5) is 0 Å². The van der Waals surface area contributed by atoms with E-state index in [1.165, 1.54) is 29.8 Å². The minimum Gasteiger partial charge on any atom is -0.346 e. The molecule has 1 aliphatic carbocycles. The van der Waals surface area contributed by atoms with Crippen LogP contribution in [0, 0.1) is 13.8 Å². The lowest BCUT2D eigenvalue weighted by molar-refractivity contribution is -0.643. The van der Waals surface area contributed by atoms with E-state index in [0.717, 1.165) is 12.6 Å². The molecule has 0 bridgehead atoms. The van der Waals surface area contributed by atoms with E-state index in [4.69, 9.17) is 0 Å². The molecule has 2 N–H and O–H groups in total. The topological polar surface area (TPSA) is 21.5 Å². The third-order valence-corrected chi connectivity index (χ3v) is 2.93. The maximum Gasteiger partial charge on any atom is 0.103 e. The largest absolute Gasteiger partial charge is 0.346 e. The van der Waals surface area contributed by atoms with Crippen molar-refractivity contribution in [2.45, 2.75) is 39.3 Å². The second-order valence-electron chi connectivity index (χ2n) is 4.11. The first-order chi connectivity index (χ1) is 6.24. The molecule has 1 fully saturated rings. The maximum absolute atomic E-state index is 2.51. The summed E-state index contributed by atoms with van der Waals surface area (Å²) >= 11 is 0. The van der Waals surface area contributed by atoms with E-state index >= 15 is 0 Å². The average molecular weight is 179 g/mol. The molecule has 0 unspecified atom stereocenters. The number of aryl methyl sites for hydroxylation is 1. The van der Waals surface area contributed by atoms with Crippen molar-refractivity contribution in [1.29, 1.82) is 0 Å². The number of hydrogen-bond donors (Lipinski definition) is 1. The Kier molecular flexibility index (Phi) is 2.16. The van der Waals surface area contributed by atoms with Crippen molar-refractivity contribution in [3.8, 4) is 0 Å². The van der Waals surface area contributed by atoms with Crippen LogP contribution >= 0.6 is 0 Å². The molecule has 72 valence electrons. The van der Waals surface area contributed by atoms with Crippen LogP contribution in [0.3, 0.4) is 0 Å². The van der Waals surface area contributed by atoms with E-state index in [2.05, 4.69) is 36.8 Å². The SMILES string of the molecule is C[NH2+]Cc1cc(C)n(C2CC2)c1C. The zero-order valence-electron chi connectivity index (χ0n) is 8.80. The molecule has 2 rings (SSSR count). The van der Waals surface area contributed by atoms with Crippen LogP contribution in [-0.2, 0) is 6.54 Å². The summed E-state index contributed by atoms with van der Waals surface area (Å²) in [6, 6.07) is 3.17. The summed E-state index contributed by atoms with van der Waals surface area (Å²) in [5, 5.41) is 2.24. The Hall–Kier alpha value is -0.760. The molecular weight excluding hydrogens is 160 g/mol. The van der Waals surface area contributed by atoms with E-state index in [1.54, 1.807) is 0 Å². The van der Waals surface area contributed by atoms with Crippen LogP contribution in [0.15, 0.2) is 6.07 Å². The van der Waals surface area contributed by atoms with Crippen LogP contribution in [-0.4, -0.2) is 11.6 Å². The normalized spacial score (nSPS) is 16.5. The van der Waals surface area contributed by atoms with Crippen molar-refractivity contribution in [1.82, 2.24) is 4.57 Å². The molecule has 0 spiro atoms. The highest BCUT2D eigenvalue weighted by molar-refractivity contribution is 5.27. The van der Waals surface area contributed by atoms with Gasteiger partial charge in [-0.2, -0.15) is 0 Å². The molecule has 2 heteroatoms. The lowest BCUT2D eigenvalue weighted by Gasteiger charge is -2.06. The minimum absolute atomic E-state index is 0.825. The zero-order chi connectivity index (χ0) is 9.42. The van der Waals surface area contributed by atoms with Crippen molar-refractivity contribution in [2.75, 3.05) is 7.05 Å². The van der Waals surface area contributed by atoms with Gasteiger partial charge in [-0.25, -0.2) is 0 Å². The lowest BCUT2D eigenvalue weighted by atomic mass is 10.2. The number of hydrogen-bond acceptors (Lipinski definition) is 0. The second-order valence-corrected chi connectivity index (χ2v) is 4.11. The molecule has 0 amide bonds. The molecule has 2 nitrogen and oxygen atoms in total. The Morgan fingerprint density at radius 2 is 2.15 bits per heavy atom. The Balaban J connectivity index is 2.32. The summed E-state index contributed by atoms with van der Waals surface area (Å²) in [5.74, 6) is 0. The van der Waals surface area contributed by atoms with Gasteiger partial charge in [0, 0.05) is 23.0 Å². The van der Waals surface area contributed by atoms with Gasteiger partial charge in [-0.15, -0.1) is 0 Å². The van der Waals surface area contributed by atoms with Crippen molar-refractivity contribution in [2.24, 2.45) is 0 Å². The van der Waals surface area contributed by atoms with Crippen LogP contribution < -0.4 is 5.32 Å². The molecule has 1 saturated carbocycles. The van der Waals surface area contributed by atoms with Gasteiger partial charge in [0.25, 0.3) is 0 Å². The standard InChI is InChI=1S/C11H18N2/c1-8-6-10(7-12-3)9(2)13(8)11-4-5-11/h6,11-12H,4-5,7H2,1-3H3/p+1. The highest BCUT2D eigenvalue weighted by atomic mass is 15.1. The van der Waals surface area contributed by atoms with Crippen molar-refractivity contribution < 1.29 is 5.32 Å². The summed E-state index contributed by atoms with van der Waals surface area (Å²) in [5.41, 5.74) is 4.43. The average Bonchev–Trinajstić information content (AvgIpc) is 2.84. The first-order valence-corrected chi connectivity index (χ1v) is 5.19. The first-order valence-electron chi connectivity index (χ1n) is 5.19. The van der Waals surface area contributed by atoms with Gasteiger partial charge in [0.1, 0.15) is 6.54 Å². The Bertz CT molecular complexity index is 308.